The largest absolute Gasteiger partial charge is 0.381 e. The zero-order valence-corrected chi connectivity index (χ0v) is 11.3. The molecule has 0 aromatic rings. The zero-order valence-electron chi connectivity index (χ0n) is 11.3. The van der Waals surface area contributed by atoms with E-state index in [0.717, 1.165) is 52.2 Å². The fourth-order valence-electron chi connectivity index (χ4n) is 1.27. The normalized spacial score (nSPS) is 12.0. The van der Waals surface area contributed by atoms with E-state index in [1.54, 1.807) is 0 Å². The Morgan fingerprint density at radius 2 is 1.44 bits per heavy atom. The molecular weight excluding hydrogens is 202 g/mol. The summed E-state index contributed by atoms with van der Waals surface area (Å²) >= 11 is 0. The van der Waals surface area contributed by atoms with Crippen LogP contribution in [0.5, 0.6) is 0 Å². The van der Waals surface area contributed by atoms with E-state index in [4.69, 9.17) is 15.2 Å². The van der Waals surface area contributed by atoms with Gasteiger partial charge in [0.2, 0.25) is 0 Å². The molecule has 3 nitrogen and oxygen atoms in total. The molecule has 0 saturated heterocycles. The van der Waals surface area contributed by atoms with Crippen LogP contribution in [0.25, 0.3) is 0 Å². The minimum atomic E-state index is 0.267. The van der Waals surface area contributed by atoms with E-state index in [1.165, 1.54) is 6.42 Å². The number of hydrogen-bond donors (Lipinski definition) is 1. The van der Waals surface area contributed by atoms with Gasteiger partial charge in [0.1, 0.15) is 0 Å². The Labute approximate surface area is 101 Å². The van der Waals surface area contributed by atoms with Gasteiger partial charge in [-0.3, -0.25) is 0 Å². The van der Waals surface area contributed by atoms with Gasteiger partial charge in [0.05, 0.1) is 6.61 Å². The molecule has 0 saturated carbocycles. The van der Waals surface area contributed by atoms with Gasteiger partial charge < -0.3 is 15.2 Å². The van der Waals surface area contributed by atoms with Crippen LogP contribution >= 0.6 is 0 Å². The lowest BCUT2D eigenvalue weighted by atomic mass is 9.99. The first-order valence-corrected chi connectivity index (χ1v) is 6.42. The Morgan fingerprint density at radius 3 is 2.06 bits per heavy atom. The van der Waals surface area contributed by atoms with Crippen LogP contribution in [-0.4, -0.2) is 33.0 Å². The van der Waals surface area contributed by atoms with E-state index in [9.17, 15) is 0 Å². The highest BCUT2D eigenvalue weighted by molar-refractivity contribution is 4.58. The minimum absolute atomic E-state index is 0.267. The minimum Gasteiger partial charge on any atom is -0.381 e. The summed E-state index contributed by atoms with van der Waals surface area (Å²) in [6.07, 6.45) is 4.40. The third kappa shape index (κ3) is 13.9. The Morgan fingerprint density at radius 1 is 0.812 bits per heavy atom. The Kier molecular flexibility index (Phi) is 9.99. The fourth-order valence-corrected chi connectivity index (χ4v) is 1.27. The van der Waals surface area contributed by atoms with Crippen LogP contribution in [-0.2, 0) is 9.47 Å². The topological polar surface area (TPSA) is 44.5 Å². The molecule has 0 atom stereocenters. The summed E-state index contributed by atoms with van der Waals surface area (Å²) in [6, 6.07) is 0. The highest BCUT2D eigenvalue weighted by Gasteiger charge is 2.09. The second kappa shape index (κ2) is 10.1. The summed E-state index contributed by atoms with van der Waals surface area (Å²) < 4.78 is 11.0. The van der Waals surface area contributed by atoms with Crippen LogP contribution in [0.4, 0.5) is 0 Å². The van der Waals surface area contributed by atoms with Crippen LogP contribution in [0.1, 0.15) is 46.5 Å². The maximum absolute atomic E-state index is 5.55. The monoisotopic (exact) mass is 231 g/mol. The van der Waals surface area contributed by atoms with Gasteiger partial charge in [0.25, 0.3) is 0 Å². The van der Waals surface area contributed by atoms with E-state index in [1.807, 2.05) is 0 Å². The average molecular weight is 231 g/mol. The van der Waals surface area contributed by atoms with Gasteiger partial charge >= 0.3 is 0 Å². The third-order valence-electron chi connectivity index (χ3n) is 2.11. The van der Waals surface area contributed by atoms with Crippen LogP contribution in [0.2, 0.25) is 0 Å². The Hall–Kier alpha value is -0.120. The summed E-state index contributed by atoms with van der Waals surface area (Å²) in [5.41, 5.74) is 5.67. The van der Waals surface area contributed by atoms with Crippen molar-refractivity contribution in [2.24, 2.45) is 11.1 Å². The first-order valence-electron chi connectivity index (χ1n) is 6.42. The fraction of sp³-hybridized carbons (Fsp3) is 1.00. The van der Waals surface area contributed by atoms with Crippen molar-refractivity contribution in [3.05, 3.63) is 0 Å². The van der Waals surface area contributed by atoms with Crippen molar-refractivity contribution in [3.8, 4) is 0 Å². The van der Waals surface area contributed by atoms with E-state index < -0.39 is 0 Å². The van der Waals surface area contributed by atoms with Crippen LogP contribution in [0.15, 0.2) is 0 Å². The summed E-state index contributed by atoms with van der Waals surface area (Å²) in [5, 5.41) is 0. The molecule has 0 aromatic carbocycles. The summed E-state index contributed by atoms with van der Waals surface area (Å²) in [6.45, 7) is 10.6. The smallest absolute Gasteiger partial charge is 0.0514 e. The second-order valence-electron chi connectivity index (χ2n) is 5.43. The molecule has 3 heteroatoms. The van der Waals surface area contributed by atoms with Crippen molar-refractivity contribution in [1.29, 1.82) is 0 Å². The summed E-state index contributed by atoms with van der Waals surface area (Å²) in [7, 11) is 0. The van der Waals surface area contributed by atoms with Gasteiger partial charge in [0, 0.05) is 19.8 Å². The van der Waals surface area contributed by atoms with Gasteiger partial charge in [-0.15, -0.1) is 0 Å². The van der Waals surface area contributed by atoms with E-state index in [0.29, 0.717) is 0 Å². The molecule has 0 rings (SSSR count). The summed E-state index contributed by atoms with van der Waals surface area (Å²) in [4.78, 5) is 0. The molecule has 0 aliphatic heterocycles. The van der Waals surface area contributed by atoms with Crippen LogP contribution in [0.3, 0.4) is 0 Å². The van der Waals surface area contributed by atoms with Crippen molar-refractivity contribution in [2.45, 2.75) is 46.5 Å². The molecule has 0 aromatic heterocycles. The quantitative estimate of drug-likeness (QED) is 0.588. The number of nitrogens with two attached hydrogens (primary N) is 1. The maximum atomic E-state index is 5.55. The van der Waals surface area contributed by atoms with Gasteiger partial charge in [-0.25, -0.2) is 0 Å². The van der Waals surface area contributed by atoms with Crippen molar-refractivity contribution in [1.82, 2.24) is 0 Å². The van der Waals surface area contributed by atoms with Crippen molar-refractivity contribution in [2.75, 3.05) is 33.0 Å². The Bertz CT molecular complexity index is 143. The molecule has 0 aliphatic rings. The number of hydrogen-bond acceptors (Lipinski definition) is 3. The van der Waals surface area contributed by atoms with E-state index in [-0.39, 0.29) is 5.41 Å². The lowest BCUT2D eigenvalue weighted by molar-refractivity contribution is 0.0478. The number of rotatable bonds is 10. The predicted octanol–water partition coefficient (Wildman–Crippen LogP) is 2.58. The van der Waals surface area contributed by atoms with Crippen LogP contribution in [0, 0.1) is 5.41 Å². The van der Waals surface area contributed by atoms with Gasteiger partial charge in [0.15, 0.2) is 0 Å². The van der Waals surface area contributed by atoms with E-state index >= 15 is 0 Å². The SMILES string of the molecule is CC(C)(C)COCCCOCCCCCN. The van der Waals surface area contributed by atoms with Crippen molar-refractivity contribution >= 4 is 0 Å². The first-order chi connectivity index (χ1) is 7.56. The van der Waals surface area contributed by atoms with E-state index in [2.05, 4.69) is 20.8 Å². The highest BCUT2D eigenvalue weighted by atomic mass is 16.5. The van der Waals surface area contributed by atoms with Gasteiger partial charge in [-0.1, -0.05) is 20.8 Å². The summed E-state index contributed by atoms with van der Waals surface area (Å²) in [5.74, 6) is 0. The predicted molar refractivity (Wildman–Crippen MR) is 68.6 cm³/mol. The van der Waals surface area contributed by atoms with Crippen molar-refractivity contribution in [3.63, 3.8) is 0 Å². The second-order valence-corrected chi connectivity index (χ2v) is 5.43. The molecule has 0 radical (unpaired) electrons. The molecule has 98 valence electrons. The Balaban J connectivity index is 2.99. The standard InChI is InChI=1S/C13H29NO2/c1-13(2,3)12-16-11-7-10-15-9-6-4-5-8-14/h4-12,14H2,1-3H3. The lowest BCUT2D eigenvalue weighted by Crippen LogP contribution is -2.15. The molecule has 0 spiro atoms. The van der Waals surface area contributed by atoms with Crippen LogP contribution < -0.4 is 5.73 Å². The number of ether oxygens (including phenoxy) is 2. The molecule has 0 bridgehead atoms. The first kappa shape index (κ1) is 15.9. The molecular formula is C13H29NO2. The molecule has 16 heavy (non-hydrogen) atoms. The molecule has 0 fully saturated rings. The van der Waals surface area contributed by atoms with Crippen molar-refractivity contribution < 1.29 is 9.47 Å². The van der Waals surface area contributed by atoms with Gasteiger partial charge in [-0.2, -0.15) is 0 Å². The van der Waals surface area contributed by atoms with Gasteiger partial charge in [-0.05, 0) is 37.6 Å². The number of unbranched alkanes of at least 4 members (excludes halogenated alkanes) is 2. The zero-order chi connectivity index (χ0) is 12.3. The maximum Gasteiger partial charge on any atom is 0.0514 e. The average Bonchev–Trinajstić information content (AvgIpc) is 2.19. The molecule has 0 aliphatic carbocycles. The lowest BCUT2D eigenvalue weighted by Gasteiger charge is -2.17. The molecule has 0 heterocycles. The third-order valence-corrected chi connectivity index (χ3v) is 2.11. The highest BCUT2D eigenvalue weighted by Crippen LogP contribution is 2.12. The molecule has 2 N–H and O–H groups in total. The molecule has 0 unspecified atom stereocenters. The molecule has 0 amide bonds.